The van der Waals surface area contributed by atoms with E-state index in [0.717, 1.165) is 4.90 Å². The molecule has 0 bridgehead atoms. The largest absolute Gasteiger partial charge is 0.493 e. The molecule has 166 valence electrons. The Morgan fingerprint density at radius 2 is 1.82 bits per heavy atom. The molecule has 0 saturated carbocycles. The zero-order chi connectivity index (χ0) is 23.5. The van der Waals surface area contributed by atoms with Crippen LogP contribution in [0.25, 0.3) is 6.08 Å². The maximum absolute atomic E-state index is 14.2. The molecule has 6 nitrogen and oxygen atoms in total. The van der Waals surface area contributed by atoms with E-state index in [9.17, 15) is 14.0 Å². The van der Waals surface area contributed by atoms with Gasteiger partial charge in [-0.3, -0.25) is 4.79 Å². The van der Waals surface area contributed by atoms with Crippen LogP contribution in [0.3, 0.4) is 0 Å². The third-order valence-corrected chi connectivity index (χ3v) is 5.38. The van der Waals surface area contributed by atoms with E-state index in [1.807, 2.05) is 0 Å². The summed E-state index contributed by atoms with van der Waals surface area (Å²) in [5.74, 6) is -1.26. The lowest BCUT2D eigenvalue weighted by atomic mass is 10.1. The number of amides is 1. The van der Waals surface area contributed by atoms with Crippen molar-refractivity contribution in [2.45, 2.75) is 0 Å². The van der Waals surface area contributed by atoms with Crippen LogP contribution in [0.4, 0.5) is 10.1 Å². The van der Waals surface area contributed by atoms with Gasteiger partial charge in [0.15, 0.2) is 16.6 Å². The molecular formula is C24H16ClFN2O4S. The number of esters is 1. The van der Waals surface area contributed by atoms with Crippen molar-refractivity contribution in [3.05, 3.63) is 94.4 Å². The fraction of sp³-hybridized carbons (Fsp3) is 0.0417. The Bertz CT molecular complexity index is 1310. The lowest BCUT2D eigenvalue weighted by molar-refractivity contribution is -0.113. The zero-order valence-electron chi connectivity index (χ0n) is 17.2. The molecule has 0 aliphatic carbocycles. The minimum Gasteiger partial charge on any atom is -0.493 e. The van der Waals surface area contributed by atoms with Crippen LogP contribution in [0.15, 0.2) is 72.4 Å². The average molecular weight is 483 g/mol. The fourth-order valence-electron chi connectivity index (χ4n) is 3.19. The average Bonchev–Trinajstić information content (AvgIpc) is 3.08. The molecule has 4 rings (SSSR count). The standard InChI is InChI=1S/C24H16ClFN2O4S/c1-31-21-13-14(10-11-20(21)32-23(30)15-6-2-3-7-16(15)25)12-18-22(29)28(24(33)27-18)19-9-5-4-8-17(19)26/h2-13H,1H3,(H,27,33)/b18-12-. The summed E-state index contributed by atoms with van der Waals surface area (Å²) < 4.78 is 24.9. The second-order valence-corrected chi connectivity index (χ2v) is 7.65. The number of carbonyl (C=O) groups excluding carboxylic acids is 2. The number of rotatable bonds is 5. The van der Waals surface area contributed by atoms with Crippen LogP contribution in [0.1, 0.15) is 15.9 Å². The first kappa shape index (κ1) is 22.4. The van der Waals surface area contributed by atoms with Crippen LogP contribution in [-0.4, -0.2) is 24.1 Å². The Balaban J connectivity index is 1.59. The molecule has 1 heterocycles. The number of nitrogens with one attached hydrogen (secondary N) is 1. The molecule has 1 saturated heterocycles. The highest BCUT2D eigenvalue weighted by Gasteiger charge is 2.33. The van der Waals surface area contributed by atoms with Gasteiger partial charge >= 0.3 is 5.97 Å². The van der Waals surface area contributed by atoms with E-state index < -0.39 is 17.7 Å². The highest BCUT2D eigenvalue weighted by atomic mass is 35.5. The van der Waals surface area contributed by atoms with Gasteiger partial charge in [-0.25, -0.2) is 14.1 Å². The van der Waals surface area contributed by atoms with Crippen LogP contribution in [0, 0.1) is 5.82 Å². The van der Waals surface area contributed by atoms with Gasteiger partial charge in [0.25, 0.3) is 5.91 Å². The van der Waals surface area contributed by atoms with E-state index in [-0.39, 0.29) is 38.6 Å². The fourth-order valence-corrected chi connectivity index (χ4v) is 3.70. The van der Waals surface area contributed by atoms with Crippen molar-refractivity contribution in [1.29, 1.82) is 0 Å². The van der Waals surface area contributed by atoms with Gasteiger partial charge in [-0.15, -0.1) is 0 Å². The smallest absolute Gasteiger partial charge is 0.345 e. The molecule has 0 aromatic heterocycles. The zero-order valence-corrected chi connectivity index (χ0v) is 18.7. The maximum atomic E-state index is 14.2. The predicted octanol–water partition coefficient (Wildman–Crippen LogP) is 4.97. The number of hydrogen-bond donors (Lipinski definition) is 1. The minimum atomic E-state index is -0.636. The lowest BCUT2D eigenvalue weighted by Gasteiger charge is -2.14. The molecule has 1 aliphatic rings. The molecule has 0 spiro atoms. The summed E-state index contributed by atoms with van der Waals surface area (Å²) in [5, 5.41) is 3.13. The SMILES string of the molecule is COc1cc(/C=C2\NC(=S)N(c3ccccc3F)C2=O)ccc1OC(=O)c1ccccc1Cl. The summed E-state index contributed by atoms with van der Waals surface area (Å²) in [7, 11) is 1.42. The molecule has 1 N–H and O–H groups in total. The monoisotopic (exact) mass is 482 g/mol. The molecule has 0 unspecified atom stereocenters. The quantitative estimate of drug-likeness (QED) is 0.240. The number of halogens is 2. The number of nitrogens with zero attached hydrogens (tertiary/aromatic N) is 1. The van der Waals surface area contributed by atoms with Crippen LogP contribution >= 0.6 is 23.8 Å². The van der Waals surface area contributed by atoms with Gasteiger partial charge in [-0.2, -0.15) is 0 Å². The Kier molecular flexibility index (Phi) is 6.39. The summed E-state index contributed by atoms with van der Waals surface area (Å²) in [6.07, 6.45) is 1.54. The maximum Gasteiger partial charge on any atom is 0.345 e. The summed E-state index contributed by atoms with van der Waals surface area (Å²) >= 11 is 11.3. The number of anilines is 1. The molecule has 1 aliphatic heterocycles. The second-order valence-electron chi connectivity index (χ2n) is 6.86. The highest BCUT2D eigenvalue weighted by molar-refractivity contribution is 7.80. The Morgan fingerprint density at radius 3 is 2.55 bits per heavy atom. The van der Waals surface area contributed by atoms with Crippen LogP contribution < -0.4 is 19.7 Å². The Morgan fingerprint density at radius 1 is 1.09 bits per heavy atom. The van der Waals surface area contributed by atoms with Crippen molar-refractivity contribution in [2.75, 3.05) is 12.0 Å². The Labute approximate surface area is 199 Å². The van der Waals surface area contributed by atoms with Crippen LogP contribution in [0.2, 0.25) is 5.02 Å². The number of hydrogen-bond acceptors (Lipinski definition) is 5. The van der Waals surface area contributed by atoms with Gasteiger partial charge in [0.1, 0.15) is 11.5 Å². The number of para-hydroxylation sites is 1. The molecule has 0 radical (unpaired) electrons. The van der Waals surface area contributed by atoms with E-state index in [4.69, 9.17) is 33.3 Å². The Hall–Kier alpha value is -3.75. The first-order chi connectivity index (χ1) is 15.9. The third-order valence-electron chi connectivity index (χ3n) is 4.77. The minimum absolute atomic E-state index is 0.0582. The third kappa shape index (κ3) is 4.57. The molecule has 9 heteroatoms. The summed E-state index contributed by atoms with van der Waals surface area (Å²) in [4.78, 5) is 26.4. The number of ether oxygens (including phenoxy) is 2. The first-order valence-corrected chi connectivity index (χ1v) is 10.4. The van der Waals surface area contributed by atoms with Crippen LogP contribution in [-0.2, 0) is 4.79 Å². The van der Waals surface area contributed by atoms with Crippen molar-refractivity contribution in [3.63, 3.8) is 0 Å². The van der Waals surface area contributed by atoms with E-state index in [1.54, 1.807) is 42.5 Å². The number of methoxy groups -OCH3 is 1. The van der Waals surface area contributed by atoms with Gasteiger partial charge in [0, 0.05) is 0 Å². The van der Waals surface area contributed by atoms with Crippen LogP contribution in [0.5, 0.6) is 11.5 Å². The number of thiocarbonyl (C=S) groups is 1. The lowest BCUT2D eigenvalue weighted by Crippen LogP contribution is -2.31. The molecular weight excluding hydrogens is 467 g/mol. The van der Waals surface area contributed by atoms with Crippen molar-refractivity contribution in [2.24, 2.45) is 0 Å². The van der Waals surface area contributed by atoms with Crippen molar-refractivity contribution >= 4 is 52.6 Å². The molecule has 1 amide bonds. The second kappa shape index (κ2) is 9.40. The summed E-state index contributed by atoms with van der Waals surface area (Å²) in [5.41, 5.74) is 1.00. The summed E-state index contributed by atoms with van der Waals surface area (Å²) in [6, 6.07) is 17.1. The van der Waals surface area contributed by atoms with Gasteiger partial charge in [0.2, 0.25) is 0 Å². The van der Waals surface area contributed by atoms with Gasteiger partial charge in [-0.05, 0) is 60.3 Å². The molecule has 0 atom stereocenters. The molecule has 1 fully saturated rings. The number of carbonyl (C=O) groups is 2. The van der Waals surface area contributed by atoms with Gasteiger partial charge in [-0.1, -0.05) is 41.9 Å². The van der Waals surface area contributed by atoms with E-state index in [2.05, 4.69) is 5.32 Å². The highest BCUT2D eigenvalue weighted by Crippen LogP contribution is 2.31. The van der Waals surface area contributed by atoms with Crippen molar-refractivity contribution < 1.29 is 23.5 Å². The predicted molar refractivity (Wildman–Crippen MR) is 127 cm³/mol. The molecule has 3 aromatic carbocycles. The molecule has 33 heavy (non-hydrogen) atoms. The van der Waals surface area contributed by atoms with Gasteiger partial charge in [0.05, 0.1) is 23.4 Å². The van der Waals surface area contributed by atoms with E-state index in [1.165, 1.54) is 37.5 Å². The van der Waals surface area contributed by atoms with Crippen molar-refractivity contribution in [3.8, 4) is 11.5 Å². The van der Waals surface area contributed by atoms with Gasteiger partial charge < -0.3 is 14.8 Å². The van der Waals surface area contributed by atoms with E-state index in [0.29, 0.717) is 5.56 Å². The molecule has 3 aromatic rings. The van der Waals surface area contributed by atoms with Crippen molar-refractivity contribution in [1.82, 2.24) is 5.32 Å². The normalized spacial score (nSPS) is 14.4. The number of benzene rings is 3. The van der Waals surface area contributed by atoms with E-state index >= 15 is 0 Å². The topological polar surface area (TPSA) is 67.9 Å². The summed E-state index contributed by atoms with van der Waals surface area (Å²) in [6.45, 7) is 0. The first-order valence-electron chi connectivity index (χ1n) is 9.65.